The van der Waals surface area contributed by atoms with E-state index in [9.17, 15) is 14.7 Å². The van der Waals surface area contributed by atoms with E-state index in [2.05, 4.69) is 21.2 Å². The predicted molar refractivity (Wildman–Crippen MR) is 56.9 cm³/mol. The van der Waals surface area contributed by atoms with Crippen molar-refractivity contribution in [3.63, 3.8) is 0 Å². The number of benzene rings is 1. The molecule has 0 bridgehead atoms. The highest BCUT2D eigenvalue weighted by Crippen LogP contribution is 2.20. The number of para-hydroxylation sites is 1. The van der Waals surface area contributed by atoms with Gasteiger partial charge in [-0.15, -0.1) is 0 Å². The Labute approximate surface area is 94.7 Å². The van der Waals surface area contributed by atoms with Crippen molar-refractivity contribution in [2.45, 2.75) is 0 Å². The topological polar surface area (TPSA) is 69.2 Å². The maximum Gasteiger partial charge on any atom is 0.248 e. The number of amides is 1. The quantitative estimate of drug-likeness (QED) is 0.821. The van der Waals surface area contributed by atoms with E-state index in [1.54, 1.807) is 24.3 Å². The Hall–Kier alpha value is -1.62. The van der Waals surface area contributed by atoms with Gasteiger partial charge < -0.3 is 15.2 Å². The Morgan fingerprint density at radius 3 is 2.53 bits per heavy atom. The summed E-state index contributed by atoms with van der Waals surface area (Å²) in [5.74, 6) is -1.93. The lowest BCUT2D eigenvalue weighted by molar-refractivity contribution is -0.297. The minimum Gasteiger partial charge on any atom is -0.545 e. The summed E-state index contributed by atoms with van der Waals surface area (Å²) < 4.78 is 0.722. The summed E-state index contributed by atoms with van der Waals surface area (Å²) >= 11 is 3.24. The van der Waals surface area contributed by atoms with Gasteiger partial charge in [0.05, 0.1) is 11.7 Å². The molecule has 0 aliphatic heterocycles. The van der Waals surface area contributed by atoms with Crippen molar-refractivity contribution < 1.29 is 14.7 Å². The van der Waals surface area contributed by atoms with Crippen molar-refractivity contribution in [2.75, 3.05) is 5.32 Å². The summed E-state index contributed by atoms with van der Waals surface area (Å²) in [4.78, 5) is 21.2. The van der Waals surface area contributed by atoms with Gasteiger partial charge in [-0.1, -0.05) is 12.1 Å². The first kappa shape index (κ1) is 11.5. The standard InChI is InChI=1S/C10H8BrNO3/c11-7-3-1-2-4-8(7)12-9(13)5-6-10(14)15/h1-6H,(H,12,13)(H,14,15)/p-1/b6-5+. The fraction of sp³-hybridized carbons (Fsp3) is 0. The average Bonchev–Trinajstić information content (AvgIpc) is 2.18. The molecule has 1 amide bonds. The Kier molecular flexibility index (Phi) is 4.05. The Bertz CT molecular complexity index is 415. The van der Waals surface area contributed by atoms with Crippen molar-refractivity contribution in [3.8, 4) is 0 Å². The number of hydrogen-bond donors (Lipinski definition) is 1. The van der Waals surface area contributed by atoms with Crippen LogP contribution in [-0.2, 0) is 9.59 Å². The van der Waals surface area contributed by atoms with Gasteiger partial charge in [0.2, 0.25) is 5.91 Å². The van der Waals surface area contributed by atoms with Crippen LogP contribution in [0.2, 0.25) is 0 Å². The third-order valence-electron chi connectivity index (χ3n) is 1.50. The minimum absolute atomic E-state index is 0.522. The van der Waals surface area contributed by atoms with Crippen LogP contribution < -0.4 is 10.4 Å². The van der Waals surface area contributed by atoms with E-state index in [0.29, 0.717) is 11.8 Å². The van der Waals surface area contributed by atoms with E-state index >= 15 is 0 Å². The monoisotopic (exact) mass is 268 g/mol. The summed E-state index contributed by atoms with van der Waals surface area (Å²) in [6.45, 7) is 0. The highest BCUT2D eigenvalue weighted by atomic mass is 79.9. The van der Waals surface area contributed by atoms with Gasteiger partial charge in [-0.2, -0.15) is 0 Å². The number of hydrogen-bond acceptors (Lipinski definition) is 3. The Morgan fingerprint density at radius 2 is 1.93 bits per heavy atom. The van der Waals surface area contributed by atoms with E-state index in [4.69, 9.17) is 0 Å². The third-order valence-corrected chi connectivity index (χ3v) is 2.19. The molecule has 0 radical (unpaired) electrons. The molecule has 5 heteroatoms. The lowest BCUT2D eigenvalue weighted by Gasteiger charge is -2.03. The van der Waals surface area contributed by atoms with Gasteiger partial charge in [-0.3, -0.25) is 4.79 Å². The van der Waals surface area contributed by atoms with Crippen molar-refractivity contribution in [1.29, 1.82) is 0 Å². The average molecular weight is 269 g/mol. The number of carbonyl (C=O) groups is 2. The predicted octanol–water partition coefficient (Wildman–Crippen LogP) is 0.694. The highest BCUT2D eigenvalue weighted by Gasteiger charge is 2.00. The number of carbonyl (C=O) groups excluding carboxylic acids is 2. The van der Waals surface area contributed by atoms with Gasteiger partial charge in [0.1, 0.15) is 0 Å². The summed E-state index contributed by atoms with van der Waals surface area (Å²) in [6.07, 6.45) is 1.57. The lowest BCUT2D eigenvalue weighted by atomic mass is 10.3. The molecule has 0 aliphatic rings. The molecule has 4 nitrogen and oxygen atoms in total. The van der Waals surface area contributed by atoms with Gasteiger partial charge in [0.15, 0.2) is 0 Å². The molecule has 1 aromatic rings. The van der Waals surface area contributed by atoms with Gasteiger partial charge in [0.25, 0.3) is 0 Å². The van der Waals surface area contributed by atoms with Gasteiger partial charge in [-0.25, -0.2) is 0 Å². The van der Waals surface area contributed by atoms with E-state index in [-0.39, 0.29) is 0 Å². The molecule has 0 aliphatic carbocycles. The SMILES string of the molecule is O=C([O-])/C=C/C(=O)Nc1ccccc1Br. The second kappa shape index (κ2) is 5.31. The second-order valence-corrected chi connectivity index (χ2v) is 3.48. The number of rotatable bonds is 3. The number of nitrogens with one attached hydrogen (secondary N) is 1. The van der Waals surface area contributed by atoms with Crippen molar-refractivity contribution in [2.24, 2.45) is 0 Å². The van der Waals surface area contributed by atoms with Crippen LogP contribution >= 0.6 is 15.9 Å². The summed E-state index contributed by atoms with van der Waals surface area (Å²) in [5, 5.41) is 12.5. The summed E-state index contributed by atoms with van der Waals surface area (Å²) in [5.41, 5.74) is 0.575. The molecule has 78 valence electrons. The minimum atomic E-state index is -1.41. The molecule has 0 spiro atoms. The number of carboxylic acids is 1. The van der Waals surface area contributed by atoms with Crippen molar-refractivity contribution in [3.05, 3.63) is 40.9 Å². The summed E-state index contributed by atoms with van der Waals surface area (Å²) in [7, 11) is 0. The maximum absolute atomic E-state index is 11.2. The zero-order valence-electron chi connectivity index (χ0n) is 7.57. The first-order valence-electron chi connectivity index (χ1n) is 4.04. The molecule has 0 unspecified atom stereocenters. The molecular weight excluding hydrogens is 262 g/mol. The molecule has 15 heavy (non-hydrogen) atoms. The largest absolute Gasteiger partial charge is 0.545 e. The fourth-order valence-electron chi connectivity index (χ4n) is 0.881. The van der Waals surface area contributed by atoms with Crippen LogP contribution in [0.5, 0.6) is 0 Å². The van der Waals surface area contributed by atoms with Gasteiger partial charge >= 0.3 is 0 Å². The molecule has 0 aromatic heterocycles. The molecular formula is C10H7BrNO3-. The number of halogens is 1. The zero-order chi connectivity index (χ0) is 11.3. The highest BCUT2D eigenvalue weighted by molar-refractivity contribution is 9.10. The summed E-state index contributed by atoms with van der Waals surface area (Å²) in [6, 6.07) is 7.01. The molecule has 1 N–H and O–H groups in total. The Balaban J connectivity index is 2.67. The van der Waals surface area contributed by atoms with Crippen LogP contribution in [0.3, 0.4) is 0 Å². The molecule has 0 saturated carbocycles. The first-order valence-corrected chi connectivity index (χ1v) is 4.83. The van der Waals surface area contributed by atoms with Crippen LogP contribution in [0.4, 0.5) is 5.69 Å². The molecule has 1 rings (SSSR count). The Morgan fingerprint density at radius 1 is 1.27 bits per heavy atom. The third kappa shape index (κ3) is 3.95. The molecule has 0 atom stereocenters. The first-order chi connectivity index (χ1) is 7.09. The zero-order valence-corrected chi connectivity index (χ0v) is 9.15. The number of carboxylic acid groups (broad SMARTS) is 1. The maximum atomic E-state index is 11.2. The number of aliphatic carboxylic acids is 1. The van der Waals surface area contributed by atoms with Crippen LogP contribution in [0.25, 0.3) is 0 Å². The van der Waals surface area contributed by atoms with E-state index in [1.165, 1.54) is 0 Å². The van der Waals surface area contributed by atoms with Gasteiger partial charge in [-0.05, 0) is 34.1 Å². The second-order valence-electron chi connectivity index (χ2n) is 2.62. The van der Waals surface area contributed by atoms with Crippen LogP contribution in [0, 0.1) is 0 Å². The molecule has 0 fully saturated rings. The number of anilines is 1. The van der Waals surface area contributed by atoms with E-state index in [0.717, 1.165) is 10.5 Å². The van der Waals surface area contributed by atoms with E-state index in [1.807, 2.05) is 0 Å². The van der Waals surface area contributed by atoms with Crippen molar-refractivity contribution in [1.82, 2.24) is 0 Å². The fourth-order valence-corrected chi connectivity index (χ4v) is 1.26. The van der Waals surface area contributed by atoms with Gasteiger partial charge in [0, 0.05) is 10.5 Å². The van der Waals surface area contributed by atoms with Crippen LogP contribution in [0.15, 0.2) is 40.9 Å². The van der Waals surface area contributed by atoms with Crippen LogP contribution in [0.1, 0.15) is 0 Å². The van der Waals surface area contributed by atoms with Crippen LogP contribution in [-0.4, -0.2) is 11.9 Å². The van der Waals surface area contributed by atoms with E-state index < -0.39 is 11.9 Å². The normalized spacial score (nSPS) is 10.2. The van der Waals surface area contributed by atoms with Crippen molar-refractivity contribution >= 4 is 33.5 Å². The molecule has 0 saturated heterocycles. The molecule has 1 aromatic carbocycles. The molecule has 0 heterocycles. The lowest BCUT2D eigenvalue weighted by Crippen LogP contribution is -2.20. The smallest absolute Gasteiger partial charge is 0.248 e.